The van der Waals surface area contributed by atoms with Crippen molar-refractivity contribution in [1.82, 2.24) is 4.90 Å². The van der Waals surface area contributed by atoms with Crippen LogP contribution >= 0.6 is 0 Å². The van der Waals surface area contributed by atoms with E-state index in [1.54, 1.807) is 0 Å². The first-order valence-electron chi connectivity index (χ1n) is 6.29. The lowest BCUT2D eigenvalue weighted by Crippen LogP contribution is -2.42. The molecule has 0 saturated heterocycles. The van der Waals surface area contributed by atoms with Crippen LogP contribution in [-0.2, 0) is 9.53 Å². The van der Waals surface area contributed by atoms with E-state index < -0.39 is 0 Å². The number of ether oxygens (including phenoxy) is 1. The predicted octanol–water partition coefficient (Wildman–Crippen LogP) is 2.55. The van der Waals surface area contributed by atoms with Crippen molar-refractivity contribution in [2.45, 2.75) is 47.1 Å². The van der Waals surface area contributed by atoms with Crippen LogP contribution in [0.4, 0.5) is 0 Å². The molecule has 3 unspecified atom stereocenters. The minimum Gasteiger partial charge on any atom is -0.469 e. The topological polar surface area (TPSA) is 29.5 Å². The fraction of sp³-hybridized carbons (Fsp3) is 0.923. The molecule has 0 aliphatic carbocycles. The van der Waals surface area contributed by atoms with E-state index in [1.165, 1.54) is 13.5 Å². The van der Waals surface area contributed by atoms with Gasteiger partial charge in [0, 0.05) is 12.6 Å². The zero-order chi connectivity index (χ0) is 12.7. The van der Waals surface area contributed by atoms with Gasteiger partial charge in [-0.25, -0.2) is 0 Å². The van der Waals surface area contributed by atoms with Gasteiger partial charge < -0.3 is 4.74 Å². The quantitative estimate of drug-likeness (QED) is 0.628. The first-order chi connectivity index (χ1) is 7.47. The third-order valence-corrected chi connectivity index (χ3v) is 3.52. The van der Waals surface area contributed by atoms with Crippen molar-refractivity contribution in [2.75, 3.05) is 20.2 Å². The molecule has 0 aromatic carbocycles. The van der Waals surface area contributed by atoms with E-state index in [0.717, 1.165) is 13.1 Å². The van der Waals surface area contributed by atoms with Crippen LogP contribution in [0.3, 0.4) is 0 Å². The van der Waals surface area contributed by atoms with Gasteiger partial charge in [0.15, 0.2) is 0 Å². The number of hydrogen-bond donors (Lipinski definition) is 0. The van der Waals surface area contributed by atoms with Gasteiger partial charge in [-0.1, -0.05) is 34.1 Å². The van der Waals surface area contributed by atoms with Crippen LogP contribution in [0, 0.1) is 11.8 Å². The molecule has 3 atom stereocenters. The summed E-state index contributed by atoms with van der Waals surface area (Å²) in [5.41, 5.74) is 0. The second kappa shape index (κ2) is 7.66. The Labute approximate surface area is 100 Å². The normalized spacial score (nSPS) is 16.9. The van der Waals surface area contributed by atoms with Crippen LogP contribution in [-0.4, -0.2) is 37.1 Å². The molecule has 0 aliphatic heterocycles. The third-order valence-electron chi connectivity index (χ3n) is 3.52. The Bertz CT molecular complexity index is 206. The summed E-state index contributed by atoms with van der Waals surface area (Å²) >= 11 is 0. The lowest BCUT2D eigenvalue weighted by molar-refractivity contribution is -0.147. The van der Waals surface area contributed by atoms with E-state index in [2.05, 4.69) is 32.6 Å². The van der Waals surface area contributed by atoms with E-state index in [1.807, 2.05) is 6.92 Å². The highest BCUT2D eigenvalue weighted by Crippen LogP contribution is 2.15. The predicted molar refractivity (Wildman–Crippen MR) is 67.3 cm³/mol. The summed E-state index contributed by atoms with van der Waals surface area (Å²) in [6.07, 6.45) is 1.18. The van der Waals surface area contributed by atoms with E-state index >= 15 is 0 Å². The molecular formula is C13H27NO2. The summed E-state index contributed by atoms with van der Waals surface area (Å²) in [5.74, 6) is 0.497. The van der Waals surface area contributed by atoms with Gasteiger partial charge in [-0.15, -0.1) is 0 Å². The largest absolute Gasteiger partial charge is 0.469 e. The molecule has 16 heavy (non-hydrogen) atoms. The molecule has 0 heterocycles. The number of esters is 1. The molecule has 0 amide bonds. The molecule has 0 aromatic heterocycles. The molecular weight excluding hydrogens is 202 g/mol. The van der Waals surface area contributed by atoms with Crippen molar-refractivity contribution in [1.29, 1.82) is 0 Å². The van der Waals surface area contributed by atoms with Gasteiger partial charge in [0.05, 0.1) is 13.0 Å². The molecule has 0 N–H and O–H groups in total. The number of rotatable bonds is 7. The van der Waals surface area contributed by atoms with Crippen LogP contribution in [0.1, 0.15) is 41.0 Å². The molecule has 0 rings (SSSR count). The molecule has 0 aromatic rings. The second-order valence-corrected chi connectivity index (χ2v) is 4.65. The molecule has 0 aliphatic rings. The van der Waals surface area contributed by atoms with Crippen molar-refractivity contribution in [2.24, 2.45) is 11.8 Å². The maximum absolute atomic E-state index is 11.5. The number of nitrogens with zero attached hydrogens (tertiary/aromatic N) is 1. The zero-order valence-electron chi connectivity index (χ0n) is 11.6. The fourth-order valence-electron chi connectivity index (χ4n) is 1.81. The van der Waals surface area contributed by atoms with E-state index in [9.17, 15) is 4.79 Å². The molecule has 96 valence electrons. The molecule has 0 fully saturated rings. The van der Waals surface area contributed by atoms with Crippen LogP contribution in [0.15, 0.2) is 0 Å². The van der Waals surface area contributed by atoms with Crippen molar-refractivity contribution >= 4 is 5.97 Å². The smallest absolute Gasteiger partial charge is 0.309 e. The third kappa shape index (κ3) is 4.52. The first-order valence-corrected chi connectivity index (χ1v) is 6.29. The maximum atomic E-state index is 11.5. The molecule has 0 radical (unpaired) electrons. The summed E-state index contributed by atoms with van der Waals surface area (Å²) < 4.78 is 4.79. The van der Waals surface area contributed by atoms with Gasteiger partial charge in [0.2, 0.25) is 0 Å². The van der Waals surface area contributed by atoms with Crippen LogP contribution in [0.25, 0.3) is 0 Å². The van der Waals surface area contributed by atoms with Gasteiger partial charge in [-0.3, -0.25) is 9.69 Å². The summed E-state index contributed by atoms with van der Waals surface area (Å²) in [5, 5.41) is 0. The van der Waals surface area contributed by atoms with Gasteiger partial charge >= 0.3 is 5.97 Å². The summed E-state index contributed by atoms with van der Waals surface area (Å²) in [4.78, 5) is 13.8. The lowest BCUT2D eigenvalue weighted by Gasteiger charge is -2.32. The summed E-state index contributed by atoms with van der Waals surface area (Å²) in [6.45, 7) is 12.7. The highest BCUT2D eigenvalue weighted by molar-refractivity contribution is 5.72. The van der Waals surface area contributed by atoms with Crippen LogP contribution in [0.5, 0.6) is 0 Å². The standard InChI is InChI=1S/C13H27NO2/c1-7-10(3)9-14(8-2)12(5)11(4)13(15)16-6/h10-12H,7-9H2,1-6H3. The Morgan fingerprint density at radius 2 is 1.81 bits per heavy atom. The number of methoxy groups -OCH3 is 1. The lowest BCUT2D eigenvalue weighted by atomic mass is 10.00. The molecule has 0 bridgehead atoms. The molecule has 3 heteroatoms. The second-order valence-electron chi connectivity index (χ2n) is 4.65. The Balaban J connectivity index is 4.39. The molecule has 3 nitrogen and oxygen atoms in total. The zero-order valence-corrected chi connectivity index (χ0v) is 11.6. The Morgan fingerprint density at radius 1 is 1.25 bits per heavy atom. The molecule has 0 spiro atoms. The van der Waals surface area contributed by atoms with Crippen LogP contribution < -0.4 is 0 Å². The summed E-state index contributed by atoms with van der Waals surface area (Å²) in [7, 11) is 1.45. The SMILES string of the molecule is CCC(C)CN(CC)C(C)C(C)C(=O)OC. The summed E-state index contributed by atoms with van der Waals surface area (Å²) in [6, 6.07) is 0.242. The number of hydrogen-bond acceptors (Lipinski definition) is 3. The van der Waals surface area contributed by atoms with E-state index in [4.69, 9.17) is 4.74 Å². The van der Waals surface area contributed by atoms with Crippen molar-refractivity contribution in [3.8, 4) is 0 Å². The van der Waals surface area contributed by atoms with Gasteiger partial charge in [-0.2, -0.15) is 0 Å². The fourth-order valence-corrected chi connectivity index (χ4v) is 1.81. The van der Waals surface area contributed by atoms with E-state index in [0.29, 0.717) is 5.92 Å². The minimum absolute atomic E-state index is 0.0611. The van der Waals surface area contributed by atoms with E-state index in [-0.39, 0.29) is 17.9 Å². The molecule has 0 saturated carbocycles. The Morgan fingerprint density at radius 3 is 2.19 bits per heavy atom. The van der Waals surface area contributed by atoms with Crippen molar-refractivity contribution in [3.05, 3.63) is 0 Å². The Kier molecular flexibility index (Phi) is 7.39. The van der Waals surface area contributed by atoms with Gasteiger partial charge in [-0.05, 0) is 19.4 Å². The number of carbonyl (C=O) groups is 1. The monoisotopic (exact) mass is 229 g/mol. The average Bonchev–Trinajstić information content (AvgIpc) is 2.32. The first kappa shape index (κ1) is 15.4. The van der Waals surface area contributed by atoms with Crippen molar-refractivity contribution in [3.63, 3.8) is 0 Å². The maximum Gasteiger partial charge on any atom is 0.309 e. The highest BCUT2D eigenvalue weighted by atomic mass is 16.5. The minimum atomic E-state index is -0.116. The van der Waals surface area contributed by atoms with Gasteiger partial charge in [0.1, 0.15) is 0 Å². The van der Waals surface area contributed by atoms with Crippen molar-refractivity contribution < 1.29 is 9.53 Å². The van der Waals surface area contributed by atoms with Crippen LogP contribution in [0.2, 0.25) is 0 Å². The number of carbonyl (C=O) groups excluding carboxylic acids is 1. The Hall–Kier alpha value is -0.570. The van der Waals surface area contributed by atoms with Gasteiger partial charge in [0.25, 0.3) is 0 Å². The highest BCUT2D eigenvalue weighted by Gasteiger charge is 2.25. The average molecular weight is 229 g/mol.